The Labute approximate surface area is 381 Å². The number of azo groups is 3. The SMILES string of the molecule is O=C(O)c1[nH]n(-c2ccc(S(=O)(=O)O)cc2)c(=O)c1N=Nc1ccc2c(O)c(N=Nc3cc(OCCO)c(N=Nc4ccc5ccccc5c4S(=O)(=O)O)cc3OCCO)c(S(=O)(=O)O)cc2c1. The average molecular weight is 993 g/mol. The first-order valence-electron chi connectivity index (χ1n) is 19.0. The topological polar surface area (TPSA) is 392 Å². The minimum Gasteiger partial charge on any atom is -0.505 e. The Balaban J connectivity index is 1.27. The summed E-state index contributed by atoms with van der Waals surface area (Å²) in [6, 6.07) is 20.0. The zero-order chi connectivity index (χ0) is 49.1. The molecule has 68 heavy (non-hydrogen) atoms. The molecule has 1 heterocycles. The van der Waals surface area contributed by atoms with Crippen molar-refractivity contribution in [2.24, 2.45) is 30.7 Å². The van der Waals surface area contributed by atoms with Gasteiger partial charge in [0, 0.05) is 22.9 Å². The Morgan fingerprint density at radius 3 is 1.81 bits per heavy atom. The van der Waals surface area contributed by atoms with E-state index in [4.69, 9.17) is 9.47 Å². The molecular formula is C40H32N8O17S3. The number of ether oxygens (including phenoxy) is 2. The number of H-pyrrole nitrogens is 1. The number of aliphatic hydroxyl groups is 2. The molecule has 0 radical (unpaired) electrons. The van der Waals surface area contributed by atoms with Crippen LogP contribution in [0, 0.1) is 0 Å². The number of phenolic OH excluding ortho intramolecular Hbond substituents is 1. The molecule has 8 N–H and O–H groups in total. The van der Waals surface area contributed by atoms with Crippen LogP contribution in [0.5, 0.6) is 17.2 Å². The minimum absolute atomic E-state index is 0.0435. The number of aromatic amines is 1. The third kappa shape index (κ3) is 10.3. The number of carbonyl (C=O) groups is 1. The lowest BCUT2D eigenvalue weighted by molar-refractivity contribution is 0.0690. The molecular weight excluding hydrogens is 961 g/mol. The lowest BCUT2D eigenvalue weighted by atomic mass is 10.1. The van der Waals surface area contributed by atoms with Gasteiger partial charge in [-0.3, -0.25) is 23.6 Å². The van der Waals surface area contributed by atoms with Gasteiger partial charge in [0.25, 0.3) is 35.9 Å². The Bertz CT molecular complexity index is 3650. The number of aromatic hydroxyl groups is 1. The van der Waals surface area contributed by atoms with Gasteiger partial charge in [0.15, 0.2) is 17.1 Å². The van der Waals surface area contributed by atoms with Gasteiger partial charge in [-0.25, -0.2) is 9.48 Å². The van der Waals surface area contributed by atoms with Crippen molar-refractivity contribution < 1.29 is 73.6 Å². The number of carboxylic acid groups (broad SMARTS) is 1. The quantitative estimate of drug-likeness (QED) is 0.0351. The van der Waals surface area contributed by atoms with Crippen LogP contribution >= 0.6 is 0 Å². The summed E-state index contributed by atoms with van der Waals surface area (Å²) >= 11 is 0. The number of rotatable bonds is 17. The molecule has 0 spiro atoms. The van der Waals surface area contributed by atoms with Crippen molar-refractivity contribution in [2.45, 2.75) is 14.7 Å². The van der Waals surface area contributed by atoms with Crippen molar-refractivity contribution in [1.29, 1.82) is 0 Å². The molecule has 0 saturated carbocycles. The molecule has 0 atom stereocenters. The van der Waals surface area contributed by atoms with Crippen LogP contribution < -0.4 is 15.0 Å². The first-order chi connectivity index (χ1) is 32.2. The molecule has 0 aliphatic carbocycles. The maximum absolute atomic E-state index is 13.3. The Hall–Kier alpha value is -7.83. The first kappa shape index (κ1) is 48.1. The summed E-state index contributed by atoms with van der Waals surface area (Å²) < 4.78 is 115. The second kappa shape index (κ2) is 19.2. The number of fused-ring (bicyclic) bond motifs is 2. The summed E-state index contributed by atoms with van der Waals surface area (Å²) in [6.07, 6.45) is 0. The lowest BCUT2D eigenvalue weighted by Crippen LogP contribution is -2.14. The average Bonchev–Trinajstić information content (AvgIpc) is 3.63. The number of aromatic nitrogens is 2. The molecule has 0 aliphatic rings. The van der Waals surface area contributed by atoms with E-state index < -0.39 is 92.6 Å². The number of aliphatic hydroxyl groups excluding tert-OH is 2. The predicted octanol–water partition coefficient (Wildman–Crippen LogP) is 6.60. The number of benzene rings is 6. The van der Waals surface area contributed by atoms with Crippen LogP contribution in [0.4, 0.5) is 34.1 Å². The molecule has 0 bridgehead atoms. The highest BCUT2D eigenvalue weighted by molar-refractivity contribution is 7.86. The van der Waals surface area contributed by atoms with Crippen molar-refractivity contribution in [2.75, 3.05) is 26.4 Å². The van der Waals surface area contributed by atoms with Crippen molar-refractivity contribution in [1.82, 2.24) is 9.78 Å². The number of phenols is 1. The van der Waals surface area contributed by atoms with Crippen molar-refractivity contribution >= 4 is 92.0 Å². The number of hydrogen-bond donors (Lipinski definition) is 8. The summed E-state index contributed by atoms with van der Waals surface area (Å²) in [5.74, 6) is -2.86. The van der Waals surface area contributed by atoms with E-state index >= 15 is 0 Å². The Morgan fingerprint density at radius 1 is 0.618 bits per heavy atom. The van der Waals surface area contributed by atoms with E-state index in [1.807, 2.05) is 0 Å². The smallest absolute Gasteiger partial charge is 0.356 e. The monoisotopic (exact) mass is 992 g/mol. The van der Waals surface area contributed by atoms with E-state index in [1.54, 1.807) is 24.3 Å². The van der Waals surface area contributed by atoms with Crippen LogP contribution in [0.2, 0.25) is 0 Å². The Kier molecular flexibility index (Phi) is 13.6. The van der Waals surface area contributed by atoms with Crippen molar-refractivity contribution in [3.63, 3.8) is 0 Å². The van der Waals surface area contributed by atoms with Crippen LogP contribution in [0.15, 0.2) is 147 Å². The Morgan fingerprint density at radius 2 is 1.22 bits per heavy atom. The molecule has 28 heteroatoms. The van der Waals surface area contributed by atoms with Gasteiger partial charge in [0.05, 0.1) is 29.5 Å². The fourth-order valence-electron chi connectivity index (χ4n) is 6.45. The molecule has 7 aromatic rings. The number of carboxylic acids is 1. The van der Waals surface area contributed by atoms with E-state index in [1.165, 1.54) is 30.3 Å². The number of nitrogens with zero attached hydrogens (tertiary/aromatic N) is 7. The van der Waals surface area contributed by atoms with Gasteiger partial charge < -0.3 is 29.9 Å². The van der Waals surface area contributed by atoms with Crippen molar-refractivity contribution in [3.05, 3.63) is 113 Å². The molecule has 1 aromatic heterocycles. The summed E-state index contributed by atoms with van der Waals surface area (Å²) in [5.41, 5.74) is -4.13. The number of nitrogens with one attached hydrogen (secondary N) is 1. The molecule has 0 fully saturated rings. The highest BCUT2D eigenvalue weighted by Gasteiger charge is 2.25. The third-order valence-electron chi connectivity index (χ3n) is 9.43. The minimum atomic E-state index is -5.22. The lowest BCUT2D eigenvalue weighted by Gasteiger charge is -2.13. The van der Waals surface area contributed by atoms with Gasteiger partial charge in [-0.2, -0.15) is 30.4 Å². The van der Waals surface area contributed by atoms with Gasteiger partial charge in [0.2, 0.25) is 0 Å². The second-order valence-corrected chi connectivity index (χ2v) is 18.0. The summed E-state index contributed by atoms with van der Waals surface area (Å²) in [4.78, 5) is 23.3. The van der Waals surface area contributed by atoms with Gasteiger partial charge in [-0.15, -0.1) is 25.6 Å². The molecule has 25 nitrogen and oxygen atoms in total. The number of hydrogen-bond acceptors (Lipinski definition) is 19. The van der Waals surface area contributed by atoms with Gasteiger partial charge in [-0.1, -0.05) is 30.3 Å². The zero-order valence-electron chi connectivity index (χ0n) is 34.1. The van der Waals surface area contributed by atoms with E-state index in [0.717, 1.165) is 47.1 Å². The number of aromatic carboxylic acids is 1. The van der Waals surface area contributed by atoms with Crippen LogP contribution in [0.25, 0.3) is 27.2 Å². The normalized spacial score (nSPS) is 12.5. The fraction of sp³-hybridized carbons (Fsp3) is 0.100. The summed E-state index contributed by atoms with van der Waals surface area (Å²) in [5, 5.41) is 66.7. The largest absolute Gasteiger partial charge is 0.505 e. The molecule has 352 valence electrons. The maximum atomic E-state index is 13.3. The predicted molar refractivity (Wildman–Crippen MR) is 236 cm³/mol. The van der Waals surface area contributed by atoms with Crippen LogP contribution in [-0.2, 0) is 30.4 Å². The molecule has 0 amide bonds. The van der Waals surface area contributed by atoms with Crippen LogP contribution in [0.1, 0.15) is 10.5 Å². The molecule has 7 rings (SSSR count). The highest BCUT2D eigenvalue weighted by Crippen LogP contribution is 2.46. The maximum Gasteiger partial charge on any atom is 0.356 e. The van der Waals surface area contributed by atoms with E-state index in [-0.39, 0.29) is 69.3 Å². The molecule has 0 unspecified atom stereocenters. The summed E-state index contributed by atoms with van der Waals surface area (Å²) in [7, 11) is -14.7. The van der Waals surface area contributed by atoms with Gasteiger partial charge in [-0.05, 0) is 65.4 Å². The second-order valence-electron chi connectivity index (χ2n) is 13.8. The molecule has 0 saturated heterocycles. The highest BCUT2D eigenvalue weighted by atomic mass is 32.2. The van der Waals surface area contributed by atoms with Crippen LogP contribution in [-0.4, -0.2) is 102 Å². The van der Waals surface area contributed by atoms with E-state index in [0.29, 0.717) is 5.39 Å². The summed E-state index contributed by atoms with van der Waals surface area (Å²) in [6.45, 7) is -1.71. The van der Waals surface area contributed by atoms with Crippen LogP contribution in [0.3, 0.4) is 0 Å². The zero-order valence-corrected chi connectivity index (χ0v) is 36.6. The fourth-order valence-corrected chi connectivity index (χ4v) is 8.43. The molecule has 6 aromatic carbocycles. The standard InChI is InChI=1S/C40H32N8O17S3/c49-13-15-64-31-20-30(32(65-16-14-50)19-29(31)43-42-28-12-5-21-3-1-2-4-27(21)38(28)68(61,62)63)44-45-34-33(67(58,59)60)18-22-17-23(6-11-26(22)37(34)51)41-46-35-36(40(53)54)47-48(39(35)52)24-7-9-25(10-8-24)66(55,56)57/h1-12,17-20,47,49-51H,13-16H2,(H,53,54)(H,55,56,57)(H,58,59,60)(H,61,62,63). The van der Waals surface area contributed by atoms with E-state index in [9.17, 15) is 68.9 Å². The molecule has 0 aliphatic heterocycles. The van der Waals surface area contributed by atoms with E-state index in [2.05, 4.69) is 35.8 Å². The van der Waals surface area contributed by atoms with Gasteiger partial charge in [0.1, 0.15) is 57.3 Å². The third-order valence-corrected chi connectivity index (χ3v) is 12.1. The van der Waals surface area contributed by atoms with Crippen molar-refractivity contribution in [3.8, 4) is 22.9 Å². The first-order valence-corrected chi connectivity index (χ1v) is 23.3. The van der Waals surface area contributed by atoms with Gasteiger partial charge >= 0.3 is 5.97 Å².